The van der Waals surface area contributed by atoms with Gasteiger partial charge in [-0.05, 0) is 55.5 Å². The van der Waals surface area contributed by atoms with Gasteiger partial charge in [-0.15, -0.1) is 0 Å². The zero-order valence-electron chi connectivity index (χ0n) is 10.9. The minimum absolute atomic E-state index is 0.125. The number of benzene rings is 1. The molecule has 0 amide bonds. The third-order valence-electron chi connectivity index (χ3n) is 4.04. The fourth-order valence-electron chi connectivity index (χ4n) is 3.18. The Morgan fingerprint density at radius 2 is 2.00 bits per heavy atom. The number of rotatable bonds is 4. The fourth-order valence-corrected chi connectivity index (χ4v) is 3.37. The third kappa shape index (κ3) is 3.24. The normalized spacial score (nSPS) is 18.8. The molecule has 0 aromatic heterocycles. The van der Waals surface area contributed by atoms with E-state index in [1.807, 2.05) is 7.05 Å². The number of nitrogens with one attached hydrogen (secondary N) is 1. The van der Waals surface area contributed by atoms with Gasteiger partial charge in [-0.2, -0.15) is 0 Å². The third-order valence-corrected chi connectivity index (χ3v) is 4.27. The first-order valence-electron chi connectivity index (χ1n) is 6.74. The van der Waals surface area contributed by atoms with Gasteiger partial charge < -0.3 is 5.32 Å². The smallest absolute Gasteiger partial charge is 0.126 e. The maximum absolute atomic E-state index is 13.9. The Labute approximate surface area is 114 Å². The van der Waals surface area contributed by atoms with Crippen molar-refractivity contribution < 1.29 is 4.39 Å². The summed E-state index contributed by atoms with van der Waals surface area (Å²) in [5.74, 6) is -0.125. The van der Waals surface area contributed by atoms with Crippen molar-refractivity contribution in [3.8, 4) is 0 Å². The van der Waals surface area contributed by atoms with Crippen LogP contribution >= 0.6 is 11.6 Å². The summed E-state index contributed by atoms with van der Waals surface area (Å²) in [5.41, 5.74) is 0.970. The predicted molar refractivity (Wildman–Crippen MR) is 74.6 cm³/mol. The number of halogens is 2. The highest BCUT2D eigenvalue weighted by Crippen LogP contribution is 2.39. The topological polar surface area (TPSA) is 12.0 Å². The van der Waals surface area contributed by atoms with Crippen molar-refractivity contribution in [2.75, 3.05) is 13.6 Å². The lowest BCUT2D eigenvalue weighted by molar-refractivity contribution is 0.183. The van der Waals surface area contributed by atoms with Gasteiger partial charge in [0.2, 0.25) is 0 Å². The van der Waals surface area contributed by atoms with Crippen LogP contribution in [0.1, 0.15) is 37.7 Å². The predicted octanol–water partition coefficient (Wildman–Crippen LogP) is 4.19. The van der Waals surface area contributed by atoms with E-state index in [2.05, 4.69) is 5.32 Å². The largest absolute Gasteiger partial charge is 0.319 e. The molecule has 100 valence electrons. The average molecular weight is 270 g/mol. The lowest BCUT2D eigenvalue weighted by Crippen LogP contribution is -2.36. The van der Waals surface area contributed by atoms with Gasteiger partial charge in [0.05, 0.1) is 0 Å². The molecule has 0 radical (unpaired) electrons. The van der Waals surface area contributed by atoms with Crippen LogP contribution < -0.4 is 5.32 Å². The van der Waals surface area contributed by atoms with E-state index < -0.39 is 0 Å². The molecule has 1 aliphatic carbocycles. The van der Waals surface area contributed by atoms with Crippen molar-refractivity contribution in [1.29, 1.82) is 0 Å². The summed E-state index contributed by atoms with van der Waals surface area (Å²) in [6.45, 7) is 0.957. The van der Waals surface area contributed by atoms with Gasteiger partial charge >= 0.3 is 0 Å². The summed E-state index contributed by atoms with van der Waals surface area (Å²) in [4.78, 5) is 0. The number of hydrogen-bond donors (Lipinski definition) is 1. The van der Waals surface area contributed by atoms with Crippen LogP contribution in [0.15, 0.2) is 18.2 Å². The Hall–Kier alpha value is -0.600. The molecule has 1 saturated carbocycles. The lowest BCUT2D eigenvalue weighted by atomic mass is 9.70. The molecule has 0 aliphatic heterocycles. The zero-order chi connectivity index (χ0) is 13.0. The Morgan fingerprint density at radius 1 is 1.28 bits per heavy atom. The monoisotopic (exact) mass is 269 g/mol. The van der Waals surface area contributed by atoms with Gasteiger partial charge in [0.25, 0.3) is 0 Å². The van der Waals surface area contributed by atoms with Crippen LogP contribution in [0.4, 0.5) is 4.39 Å². The molecule has 1 aliphatic rings. The Morgan fingerprint density at radius 3 is 2.67 bits per heavy atom. The SMILES string of the molecule is CNCC1(Cc2cc(Cl)ccc2F)CCCCC1. The molecule has 18 heavy (non-hydrogen) atoms. The molecule has 0 atom stereocenters. The van der Waals surface area contributed by atoms with Crippen molar-refractivity contribution in [3.63, 3.8) is 0 Å². The van der Waals surface area contributed by atoms with E-state index in [1.54, 1.807) is 12.1 Å². The van der Waals surface area contributed by atoms with Crippen LogP contribution in [0, 0.1) is 11.2 Å². The van der Waals surface area contributed by atoms with E-state index in [4.69, 9.17) is 11.6 Å². The van der Waals surface area contributed by atoms with Crippen molar-refractivity contribution in [2.24, 2.45) is 5.41 Å². The van der Waals surface area contributed by atoms with Gasteiger partial charge in [-0.1, -0.05) is 30.9 Å². The minimum atomic E-state index is -0.125. The quantitative estimate of drug-likeness (QED) is 0.864. The molecule has 0 heterocycles. The second-order valence-electron chi connectivity index (χ2n) is 5.50. The van der Waals surface area contributed by atoms with E-state index in [9.17, 15) is 4.39 Å². The molecule has 0 saturated heterocycles. The molecule has 1 nitrogen and oxygen atoms in total. The van der Waals surface area contributed by atoms with Crippen LogP contribution in [-0.4, -0.2) is 13.6 Å². The maximum atomic E-state index is 13.9. The summed E-state index contributed by atoms with van der Waals surface area (Å²) in [6.07, 6.45) is 6.97. The Balaban J connectivity index is 2.19. The summed E-state index contributed by atoms with van der Waals surface area (Å²) in [6, 6.07) is 4.88. The molecule has 0 unspecified atom stereocenters. The fraction of sp³-hybridized carbons (Fsp3) is 0.600. The van der Waals surface area contributed by atoms with E-state index >= 15 is 0 Å². The highest BCUT2D eigenvalue weighted by Gasteiger charge is 2.32. The second kappa shape index (κ2) is 6.03. The van der Waals surface area contributed by atoms with E-state index in [-0.39, 0.29) is 11.2 Å². The molecule has 1 aromatic rings. The molecule has 0 bridgehead atoms. The van der Waals surface area contributed by atoms with Gasteiger partial charge in [0.1, 0.15) is 5.82 Å². The van der Waals surface area contributed by atoms with Gasteiger partial charge in [-0.3, -0.25) is 0 Å². The van der Waals surface area contributed by atoms with Crippen LogP contribution in [-0.2, 0) is 6.42 Å². The highest BCUT2D eigenvalue weighted by molar-refractivity contribution is 6.30. The first kappa shape index (κ1) is 13.8. The summed E-state index contributed by atoms with van der Waals surface area (Å²) < 4.78 is 13.9. The Bertz CT molecular complexity index is 394. The van der Waals surface area contributed by atoms with E-state index in [0.717, 1.165) is 18.5 Å². The van der Waals surface area contributed by atoms with Gasteiger partial charge in [0.15, 0.2) is 0 Å². The van der Waals surface area contributed by atoms with Crippen LogP contribution in [0.2, 0.25) is 5.02 Å². The second-order valence-corrected chi connectivity index (χ2v) is 5.94. The van der Waals surface area contributed by atoms with E-state index in [0.29, 0.717) is 5.02 Å². The van der Waals surface area contributed by atoms with Crippen molar-refractivity contribution >= 4 is 11.6 Å². The van der Waals surface area contributed by atoms with E-state index in [1.165, 1.54) is 38.2 Å². The molecular weight excluding hydrogens is 249 g/mol. The van der Waals surface area contributed by atoms with Crippen LogP contribution in [0.25, 0.3) is 0 Å². The number of hydrogen-bond acceptors (Lipinski definition) is 1. The van der Waals surface area contributed by atoms with Gasteiger partial charge in [0, 0.05) is 11.6 Å². The zero-order valence-corrected chi connectivity index (χ0v) is 11.7. The molecule has 1 fully saturated rings. The molecule has 1 aromatic carbocycles. The minimum Gasteiger partial charge on any atom is -0.319 e. The average Bonchev–Trinajstić information content (AvgIpc) is 2.35. The molecule has 2 rings (SSSR count). The van der Waals surface area contributed by atoms with Crippen molar-refractivity contribution in [2.45, 2.75) is 38.5 Å². The highest BCUT2D eigenvalue weighted by atomic mass is 35.5. The van der Waals surface area contributed by atoms with Crippen molar-refractivity contribution in [3.05, 3.63) is 34.6 Å². The standard InChI is InChI=1S/C15H21ClFN/c1-18-11-15(7-3-2-4-8-15)10-12-9-13(16)5-6-14(12)17/h5-6,9,18H,2-4,7-8,10-11H2,1H3. The molecule has 1 N–H and O–H groups in total. The molecule has 0 spiro atoms. The first-order valence-corrected chi connectivity index (χ1v) is 7.12. The van der Waals surface area contributed by atoms with Gasteiger partial charge in [-0.25, -0.2) is 4.39 Å². The maximum Gasteiger partial charge on any atom is 0.126 e. The van der Waals surface area contributed by atoms with Crippen molar-refractivity contribution in [1.82, 2.24) is 5.32 Å². The first-order chi connectivity index (χ1) is 8.65. The summed E-state index contributed by atoms with van der Waals surface area (Å²) >= 11 is 5.97. The molecule has 3 heteroatoms. The lowest BCUT2D eigenvalue weighted by Gasteiger charge is -2.37. The summed E-state index contributed by atoms with van der Waals surface area (Å²) in [5, 5.41) is 3.90. The molecular formula is C15H21ClFN. The van der Waals surface area contributed by atoms with Crippen LogP contribution in [0.5, 0.6) is 0 Å². The van der Waals surface area contributed by atoms with Crippen LogP contribution in [0.3, 0.4) is 0 Å². The Kier molecular flexibility index (Phi) is 4.63. The summed E-state index contributed by atoms with van der Waals surface area (Å²) in [7, 11) is 1.98.